The minimum atomic E-state index is -0.151. The van der Waals surface area contributed by atoms with Crippen LogP contribution in [0.25, 0.3) is 5.69 Å². The van der Waals surface area contributed by atoms with Crippen molar-refractivity contribution in [3.8, 4) is 11.4 Å². The van der Waals surface area contributed by atoms with Crippen molar-refractivity contribution < 1.29 is 14.6 Å². The highest BCUT2D eigenvalue weighted by Gasteiger charge is 2.14. The van der Waals surface area contributed by atoms with Crippen LogP contribution in [0.4, 0.5) is 5.69 Å². The van der Waals surface area contributed by atoms with Gasteiger partial charge in [0.15, 0.2) is 0 Å². The second kappa shape index (κ2) is 8.84. The van der Waals surface area contributed by atoms with Crippen molar-refractivity contribution in [1.82, 2.24) is 9.78 Å². The third-order valence-corrected chi connectivity index (χ3v) is 3.10. The second-order valence-corrected chi connectivity index (χ2v) is 4.19. The molecule has 0 saturated heterocycles. The smallest absolute Gasteiger partial charge is 0.125 e. The van der Waals surface area contributed by atoms with Crippen molar-refractivity contribution in [3.05, 3.63) is 35.7 Å². The van der Waals surface area contributed by atoms with Crippen LogP contribution < -0.4 is 10.1 Å². The zero-order valence-corrected chi connectivity index (χ0v) is 13.5. The van der Waals surface area contributed by atoms with E-state index in [0.717, 1.165) is 17.7 Å². The maximum Gasteiger partial charge on any atom is 0.125 e. The molecule has 6 heteroatoms. The Balaban J connectivity index is 0.00000116. The number of benzene rings is 1. The van der Waals surface area contributed by atoms with Gasteiger partial charge in [0.25, 0.3) is 0 Å². The number of nitrogens with one attached hydrogen (secondary N) is 1. The molecule has 0 amide bonds. The molecule has 0 unspecified atom stereocenters. The minimum absolute atomic E-state index is 0.151. The van der Waals surface area contributed by atoms with Crippen molar-refractivity contribution in [2.75, 3.05) is 19.5 Å². The Kier molecular flexibility index (Phi) is 7.12. The molecular weight excluding hydrogens is 282 g/mol. The van der Waals surface area contributed by atoms with E-state index in [-0.39, 0.29) is 13.0 Å². The highest BCUT2D eigenvalue weighted by molar-refractivity contribution is 5.65. The molecule has 0 aliphatic carbocycles. The third-order valence-electron chi connectivity index (χ3n) is 3.10. The summed E-state index contributed by atoms with van der Waals surface area (Å²) in [7, 11) is 3.40. The van der Waals surface area contributed by atoms with Crippen LogP contribution >= 0.6 is 0 Å². The Hall–Kier alpha value is -2.34. The predicted octanol–water partition coefficient (Wildman–Crippen LogP) is 2.18. The number of hydrogen-bond donors (Lipinski definition) is 2. The average Bonchev–Trinajstić information content (AvgIpc) is 2.99. The molecular formula is C16H23N3O3. The molecule has 1 aromatic heterocycles. The first-order valence-corrected chi connectivity index (χ1v) is 7.21. The monoisotopic (exact) mass is 305 g/mol. The summed E-state index contributed by atoms with van der Waals surface area (Å²) in [6, 6.07) is 5.54. The lowest BCUT2D eigenvalue weighted by Gasteiger charge is -2.13. The first-order chi connectivity index (χ1) is 10.7. The first-order valence-electron chi connectivity index (χ1n) is 7.21. The summed E-state index contributed by atoms with van der Waals surface area (Å²) in [5.74, 6) is 0.692. The van der Waals surface area contributed by atoms with Crippen LogP contribution in [0.5, 0.6) is 5.75 Å². The number of aliphatic hydroxyl groups is 1. The Bertz CT molecular complexity index is 609. The van der Waals surface area contributed by atoms with Crippen LogP contribution in [-0.2, 0) is 17.8 Å². The summed E-state index contributed by atoms with van der Waals surface area (Å²) in [6.45, 7) is 3.85. The number of hydrogen-bond acceptors (Lipinski definition) is 5. The van der Waals surface area contributed by atoms with Gasteiger partial charge in [-0.3, -0.25) is 0 Å². The minimum Gasteiger partial charge on any atom is -0.497 e. The van der Waals surface area contributed by atoms with Crippen LogP contribution in [0, 0.1) is 0 Å². The quantitative estimate of drug-likeness (QED) is 0.800. The molecule has 1 aromatic carbocycles. The van der Waals surface area contributed by atoms with Gasteiger partial charge in [-0.2, -0.15) is 5.10 Å². The largest absolute Gasteiger partial charge is 0.497 e. The number of aldehydes is 1. The summed E-state index contributed by atoms with van der Waals surface area (Å²) in [5, 5.41) is 16.7. The maximum absolute atomic E-state index is 10.8. The molecule has 6 nitrogen and oxygen atoms in total. The number of methoxy groups -OCH3 is 1. The van der Waals surface area contributed by atoms with Crippen LogP contribution in [0.1, 0.15) is 25.1 Å². The summed E-state index contributed by atoms with van der Waals surface area (Å²) >= 11 is 0. The summed E-state index contributed by atoms with van der Waals surface area (Å²) in [4.78, 5) is 10.8. The van der Waals surface area contributed by atoms with Gasteiger partial charge in [0.1, 0.15) is 12.0 Å². The number of ether oxygens (including phenoxy) is 1. The van der Waals surface area contributed by atoms with Crippen LogP contribution in [0.3, 0.4) is 0 Å². The molecule has 0 spiro atoms. The van der Waals surface area contributed by atoms with Crippen LogP contribution in [-0.4, -0.2) is 35.3 Å². The number of carbonyl (C=O) groups excluding carboxylic acids is 1. The lowest BCUT2D eigenvalue weighted by molar-refractivity contribution is -0.107. The lowest BCUT2D eigenvalue weighted by Crippen LogP contribution is -2.07. The van der Waals surface area contributed by atoms with Crippen molar-refractivity contribution in [2.24, 2.45) is 0 Å². The normalized spacial score (nSPS) is 9.68. The Labute approximate surface area is 130 Å². The van der Waals surface area contributed by atoms with E-state index in [2.05, 4.69) is 10.4 Å². The van der Waals surface area contributed by atoms with E-state index < -0.39 is 0 Å². The van der Waals surface area contributed by atoms with Gasteiger partial charge in [-0.15, -0.1) is 0 Å². The first kappa shape index (κ1) is 17.7. The van der Waals surface area contributed by atoms with Gasteiger partial charge < -0.3 is 20.0 Å². The van der Waals surface area contributed by atoms with Crippen molar-refractivity contribution >= 4 is 12.0 Å². The van der Waals surface area contributed by atoms with Crippen molar-refractivity contribution in [2.45, 2.75) is 26.9 Å². The highest BCUT2D eigenvalue weighted by atomic mass is 16.5. The lowest BCUT2D eigenvalue weighted by atomic mass is 10.2. The SMILES string of the molecule is CC.CNc1ccc(OC)cc1-n1ncc(CO)c1CC=O. The molecule has 1 heterocycles. The zero-order valence-electron chi connectivity index (χ0n) is 13.5. The Morgan fingerprint density at radius 1 is 1.41 bits per heavy atom. The van der Waals surface area contributed by atoms with E-state index in [1.165, 1.54) is 0 Å². The molecule has 2 N–H and O–H groups in total. The van der Waals surface area contributed by atoms with E-state index in [0.29, 0.717) is 17.0 Å². The number of nitrogens with zero attached hydrogens (tertiary/aromatic N) is 2. The molecule has 2 rings (SSSR count). The molecule has 0 aliphatic rings. The van der Waals surface area contributed by atoms with Gasteiger partial charge >= 0.3 is 0 Å². The standard InChI is InChI=1S/C14H17N3O3.C2H6/c1-15-12-4-3-11(20-2)7-14(12)17-13(5-6-18)10(9-19)8-16-17;1-2/h3-4,6-8,15,19H,5,9H2,1-2H3;1-2H3. The second-order valence-electron chi connectivity index (χ2n) is 4.19. The molecule has 0 saturated carbocycles. The van der Waals surface area contributed by atoms with Gasteiger partial charge in [0.05, 0.1) is 37.0 Å². The number of rotatable bonds is 6. The van der Waals surface area contributed by atoms with E-state index in [1.54, 1.807) is 25.0 Å². The van der Waals surface area contributed by atoms with E-state index in [1.807, 2.05) is 32.0 Å². The highest BCUT2D eigenvalue weighted by Crippen LogP contribution is 2.27. The van der Waals surface area contributed by atoms with E-state index in [9.17, 15) is 9.90 Å². The Morgan fingerprint density at radius 2 is 2.14 bits per heavy atom. The fourth-order valence-corrected chi connectivity index (χ4v) is 2.07. The number of anilines is 1. The fraction of sp³-hybridized carbons (Fsp3) is 0.375. The van der Waals surface area contributed by atoms with Crippen LogP contribution in [0.15, 0.2) is 24.4 Å². The van der Waals surface area contributed by atoms with Gasteiger partial charge in [0.2, 0.25) is 0 Å². The van der Waals surface area contributed by atoms with Crippen LogP contribution in [0.2, 0.25) is 0 Å². The molecule has 0 aliphatic heterocycles. The van der Waals surface area contributed by atoms with Gasteiger partial charge in [-0.1, -0.05) is 13.8 Å². The molecule has 0 fully saturated rings. The zero-order chi connectivity index (χ0) is 16.5. The average molecular weight is 305 g/mol. The van der Waals surface area contributed by atoms with Gasteiger partial charge in [-0.25, -0.2) is 4.68 Å². The number of aromatic nitrogens is 2. The summed E-state index contributed by atoms with van der Waals surface area (Å²) < 4.78 is 6.87. The Morgan fingerprint density at radius 3 is 2.68 bits per heavy atom. The molecule has 0 radical (unpaired) electrons. The molecule has 0 bridgehead atoms. The third kappa shape index (κ3) is 3.65. The predicted molar refractivity (Wildman–Crippen MR) is 86.7 cm³/mol. The fourth-order valence-electron chi connectivity index (χ4n) is 2.07. The van der Waals surface area contributed by atoms with E-state index in [4.69, 9.17) is 4.74 Å². The summed E-state index contributed by atoms with van der Waals surface area (Å²) in [5.41, 5.74) is 2.93. The molecule has 22 heavy (non-hydrogen) atoms. The number of aliphatic hydroxyl groups excluding tert-OH is 1. The van der Waals surface area contributed by atoms with Crippen molar-refractivity contribution in [3.63, 3.8) is 0 Å². The van der Waals surface area contributed by atoms with Gasteiger partial charge in [0, 0.05) is 25.1 Å². The molecule has 2 aromatic rings. The maximum atomic E-state index is 10.8. The van der Waals surface area contributed by atoms with Crippen molar-refractivity contribution in [1.29, 1.82) is 0 Å². The molecule has 120 valence electrons. The summed E-state index contributed by atoms with van der Waals surface area (Å²) in [6.07, 6.45) is 2.56. The molecule has 0 atom stereocenters. The van der Waals surface area contributed by atoms with E-state index >= 15 is 0 Å². The topological polar surface area (TPSA) is 76.4 Å². The van der Waals surface area contributed by atoms with Gasteiger partial charge in [-0.05, 0) is 12.1 Å². The number of carbonyl (C=O) groups is 1.